The van der Waals surface area contributed by atoms with Gasteiger partial charge in [-0.05, 0) is 93.9 Å². The smallest absolute Gasteiger partial charge is 0.321 e. The highest BCUT2D eigenvalue weighted by Gasteiger charge is 2.15. The Balaban J connectivity index is 1.35. The molecule has 6 heteroatoms. The summed E-state index contributed by atoms with van der Waals surface area (Å²) in [6.07, 6.45) is 0.682. The van der Waals surface area contributed by atoms with E-state index in [2.05, 4.69) is 23.5 Å². The quantitative estimate of drug-likeness (QED) is 0.207. The summed E-state index contributed by atoms with van der Waals surface area (Å²) in [6.45, 7) is 2.29. The maximum absolute atomic E-state index is 12.8. The zero-order chi connectivity index (χ0) is 27.5. The Hall–Kier alpha value is -4.48. The predicted octanol–water partition coefficient (Wildman–Crippen LogP) is 7.82. The van der Waals surface area contributed by atoms with E-state index in [9.17, 15) is 15.0 Å². The molecule has 0 heterocycles. The van der Waals surface area contributed by atoms with E-state index < -0.39 is 0 Å². The molecular formula is C33H29ClN2O3. The number of urea groups is 1. The Morgan fingerprint density at radius 1 is 0.846 bits per heavy atom. The number of halogens is 1. The van der Waals surface area contributed by atoms with Crippen LogP contribution in [0.15, 0.2) is 97.1 Å². The van der Waals surface area contributed by atoms with Gasteiger partial charge in [0.1, 0.15) is 11.5 Å². The van der Waals surface area contributed by atoms with Crippen LogP contribution in [0.5, 0.6) is 11.5 Å². The second-order valence-electron chi connectivity index (χ2n) is 9.64. The van der Waals surface area contributed by atoms with Crippen LogP contribution in [0.2, 0.25) is 5.02 Å². The number of carbonyl (C=O) groups excluding carboxylic acids is 1. The number of fused-ring (bicyclic) bond motifs is 1. The number of hydrogen-bond donors (Lipinski definition) is 3. The van der Waals surface area contributed by atoms with Gasteiger partial charge in [-0.3, -0.25) is 4.90 Å². The Labute approximate surface area is 232 Å². The van der Waals surface area contributed by atoms with Crippen LogP contribution < -0.4 is 10.2 Å². The molecule has 2 amide bonds. The molecule has 0 aliphatic rings. The lowest BCUT2D eigenvalue weighted by atomic mass is 9.90. The van der Waals surface area contributed by atoms with Crippen molar-refractivity contribution in [3.05, 3.63) is 124 Å². The van der Waals surface area contributed by atoms with Gasteiger partial charge in [0.05, 0.1) is 0 Å². The third-order valence-corrected chi connectivity index (χ3v) is 7.46. The normalized spacial score (nSPS) is 10.9. The van der Waals surface area contributed by atoms with E-state index in [1.807, 2.05) is 61.5 Å². The van der Waals surface area contributed by atoms with Crippen molar-refractivity contribution >= 4 is 34.1 Å². The molecule has 0 fully saturated rings. The van der Waals surface area contributed by atoms with Crippen LogP contribution in [0.4, 0.5) is 10.5 Å². The number of aromatic hydroxyl groups is 2. The van der Waals surface area contributed by atoms with Crippen LogP contribution >= 0.6 is 11.6 Å². The summed E-state index contributed by atoms with van der Waals surface area (Å²) >= 11 is 6.22. The Bertz CT molecular complexity index is 1650. The lowest BCUT2D eigenvalue weighted by Crippen LogP contribution is -2.37. The number of anilines is 1. The molecule has 0 saturated carbocycles. The predicted molar refractivity (Wildman–Crippen MR) is 159 cm³/mol. The van der Waals surface area contributed by atoms with Gasteiger partial charge in [-0.1, -0.05) is 72.3 Å². The first-order chi connectivity index (χ1) is 18.8. The molecule has 3 N–H and O–H groups in total. The molecule has 0 saturated heterocycles. The highest BCUT2D eigenvalue weighted by Crippen LogP contribution is 2.34. The zero-order valence-corrected chi connectivity index (χ0v) is 22.5. The van der Waals surface area contributed by atoms with Gasteiger partial charge in [-0.2, -0.15) is 0 Å². The van der Waals surface area contributed by atoms with Crippen molar-refractivity contribution in [2.45, 2.75) is 19.9 Å². The molecule has 0 radical (unpaired) electrons. The minimum Gasteiger partial charge on any atom is -0.508 e. The number of rotatable bonds is 6. The third kappa shape index (κ3) is 5.69. The monoisotopic (exact) mass is 536 g/mol. The number of nitrogens with zero attached hydrogens (tertiary/aromatic N) is 1. The minimum atomic E-state index is -0.206. The van der Waals surface area contributed by atoms with E-state index in [1.54, 1.807) is 36.2 Å². The third-order valence-electron chi connectivity index (χ3n) is 7.05. The van der Waals surface area contributed by atoms with Crippen molar-refractivity contribution in [3.63, 3.8) is 0 Å². The lowest BCUT2D eigenvalue weighted by molar-refractivity contribution is 0.247. The summed E-state index contributed by atoms with van der Waals surface area (Å²) in [4.78, 5) is 14.3. The molecule has 5 nitrogen and oxygen atoms in total. The molecule has 5 rings (SSSR count). The molecule has 0 spiro atoms. The van der Waals surface area contributed by atoms with Crippen LogP contribution in [0, 0.1) is 6.92 Å². The van der Waals surface area contributed by atoms with E-state index in [0.717, 1.165) is 49.8 Å². The van der Waals surface area contributed by atoms with Gasteiger partial charge in [-0.25, -0.2) is 4.79 Å². The number of amides is 2. The van der Waals surface area contributed by atoms with E-state index in [-0.39, 0.29) is 17.5 Å². The van der Waals surface area contributed by atoms with Gasteiger partial charge in [0.25, 0.3) is 0 Å². The average molecular weight is 537 g/mol. The summed E-state index contributed by atoms with van der Waals surface area (Å²) in [5.41, 5.74) is 6.96. The van der Waals surface area contributed by atoms with Crippen LogP contribution in [-0.2, 0) is 13.0 Å². The standard InChI is InChI=1S/C33H29ClN2O3/c1-21-31(34)4-3-5-32(21)36(2)33(39)35-20-23-8-6-22(7-9-23)18-30-28(24-10-13-26(37)14-11-24)16-12-25-19-27(38)15-17-29(25)30/h3-17,19,37-38H,18,20H2,1-2H3,(H,35,39). The second kappa shape index (κ2) is 11.1. The topological polar surface area (TPSA) is 72.8 Å². The molecule has 5 aromatic rings. The molecule has 5 aromatic carbocycles. The number of carbonyl (C=O) groups is 1. The molecule has 0 aliphatic heterocycles. The molecule has 39 heavy (non-hydrogen) atoms. The molecule has 196 valence electrons. The van der Waals surface area contributed by atoms with Crippen molar-refractivity contribution in [3.8, 4) is 22.6 Å². The van der Waals surface area contributed by atoms with Crippen molar-refractivity contribution in [1.29, 1.82) is 0 Å². The van der Waals surface area contributed by atoms with Gasteiger partial charge in [-0.15, -0.1) is 0 Å². The van der Waals surface area contributed by atoms with Crippen LogP contribution in [0.25, 0.3) is 21.9 Å². The maximum atomic E-state index is 12.8. The van der Waals surface area contributed by atoms with Gasteiger partial charge in [0, 0.05) is 24.3 Å². The van der Waals surface area contributed by atoms with Crippen LogP contribution in [-0.4, -0.2) is 23.3 Å². The Morgan fingerprint density at radius 2 is 1.54 bits per heavy atom. The van der Waals surface area contributed by atoms with E-state index in [4.69, 9.17) is 11.6 Å². The number of benzene rings is 5. The molecular weight excluding hydrogens is 508 g/mol. The molecule has 0 unspecified atom stereocenters. The fraction of sp³-hybridized carbons (Fsp3) is 0.121. The van der Waals surface area contributed by atoms with Gasteiger partial charge in [0.15, 0.2) is 0 Å². The fourth-order valence-corrected chi connectivity index (χ4v) is 5.00. The highest BCUT2D eigenvalue weighted by atomic mass is 35.5. The lowest BCUT2D eigenvalue weighted by Gasteiger charge is -2.20. The van der Waals surface area contributed by atoms with E-state index >= 15 is 0 Å². The van der Waals surface area contributed by atoms with Gasteiger partial charge < -0.3 is 15.5 Å². The van der Waals surface area contributed by atoms with Crippen molar-refractivity contribution in [2.75, 3.05) is 11.9 Å². The van der Waals surface area contributed by atoms with E-state index in [0.29, 0.717) is 18.0 Å². The SMILES string of the molecule is Cc1c(Cl)cccc1N(C)C(=O)NCc1ccc(Cc2c(-c3ccc(O)cc3)ccc3cc(O)ccc23)cc1. The maximum Gasteiger partial charge on any atom is 0.321 e. The summed E-state index contributed by atoms with van der Waals surface area (Å²) in [7, 11) is 1.73. The zero-order valence-electron chi connectivity index (χ0n) is 21.8. The molecule has 0 aromatic heterocycles. The van der Waals surface area contributed by atoms with Gasteiger partial charge >= 0.3 is 6.03 Å². The molecule has 0 aliphatic carbocycles. The minimum absolute atomic E-state index is 0.206. The first-order valence-corrected chi connectivity index (χ1v) is 13.1. The Kier molecular flexibility index (Phi) is 7.44. The highest BCUT2D eigenvalue weighted by molar-refractivity contribution is 6.31. The summed E-state index contributed by atoms with van der Waals surface area (Å²) < 4.78 is 0. The summed E-state index contributed by atoms with van der Waals surface area (Å²) in [6, 6.07) is 30.2. The first-order valence-electron chi connectivity index (χ1n) is 12.7. The van der Waals surface area contributed by atoms with Gasteiger partial charge in [0.2, 0.25) is 0 Å². The molecule has 0 bridgehead atoms. The van der Waals surface area contributed by atoms with Crippen molar-refractivity contribution in [2.24, 2.45) is 0 Å². The van der Waals surface area contributed by atoms with E-state index in [1.165, 1.54) is 0 Å². The van der Waals surface area contributed by atoms with Crippen molar-refractivity contribution < 1.29 is 15.0 Å². The fourth-order valence-electron chi connectivity index (χ4n) is 4.83. The Morgan fingerprint density at radius 3 is 2.28 bits per heavy atom. The second-order valence-corrected chi connectivity index (χ2v) is 10.0. The molecule has 0 atom stereocenters. The number of hydrogen-bond acceptors (Lipinski definition) is 3. The number of phenols is 2. The van der Waals surface area contributed by atoms with Crippen LogP contribution in [0.1, 0.15) is 22.3 Å². The van der Waals surface area contributed by atoms with Crippen LogP contribution in [0.3, 0.4) is 0 Å². The summed E-state index contributed by atoms with van der Waals surface area (Å²) in [5, 5.41) is 25.4. The van der Waals surface area contributed by atoms with Crippen molar-refractivity contribution in [1.82, 2.24) is 5.32 Å². The summed E-state index contributed by atoms with van der Waals surface area (Å²) in [5.74, 6) is 0.455. The average Bonchev–Trinajstić information content (AvgIpc) is 2.94. The largest absolute Gasteiger partial charge is 0.508 e. The first kappa shape index (κ1) is 26.1. The number of phenolic OH excluding ortho intramolecular Hbond substituents is 2. The number of nitrogens with one attached hydrogen (secondary N) is 1.